The first-order valence-electron chi connectivity index (χ1n) is 10.3. The van der Waals surface area contributed by atoms with Gasteiger partial charge in [0.15, 0.2) is 5.78 Å². The Balaban J connectivity index is 1.50. The largest absolute Gasteiger partial charge is 0.507 e. The summed E-state index contributed by atoms with van der Waals surface area (Å²) in [6.07, 6.45) is 3.46. The van der Waals surface area contributed by atoms with E-state index in [0.717, 1.165) is 5.56 Å². The lowest BCUT2D eigenvalue weighted by Crippen LogP contribution is -2.01. The molecule has 4 aromatic rings. The van der Waals surface area contributed by atoms with Crippen LogP contribution in [-0.2, 0) is 0 Å². The van der Waals surface area contributed by atoms with Gasteiger partial charge in [-0.15, -0.1) is 0 Å². The van der Waals surface area contributed by atoms with Crippen molar-refractivity contribution in [3.05, 3.63) is 100 Å². The van der Waals surface area contributed by atoms with Crippen LogP contribution >= 0.6 is 0 Å². The van der Waals surface area contributed by atoms with E-state index in [9.17, 15) is 24.9 Å². The Hall–Kier alpha value is -4.91. The number of phenols is 1. The number of carboxylic acid groups (broad SMARTS) is 1. The van der Waals surface area contributed by atoms with Crippen molar-refractivity contribution in [3.8, 4) is 11.5 Å². The summed E-state index contributed by atoms with van der Waals surface area (Å²) < 4.78 is 0. The van der Waals surface area contributed by atoms with E-state index in [2.05, 4.69) is 4.98 Å². The Kier molecular flexibility index (Phi) is 4.87. The molecule has 4 N–H and O–H groups in total. The molecule has 0 amide bonds. The van der Waals surface area contributed by atoms with E-state index in [4.69, 9.17) is 5.11 Å². The summed E-state index contributed by atoms with van der Waals surface area (Å²) in [4.78, 5) is 28.5. The quantitative estimate of drug-likeness (QED) is 0.316. The summed E-state index contributed by atoms with van der Waals surface area (Å²) in [6, 6.07) is 17.7. The number of aromatic nitrogens is 1. The van der Waals surface area contributed by atoms with Gasteiger partial charge in [-0.05, 0) is 41.5 Å². The number of nitrogens with zero attached hydrogens (tertiary/aromatic N) is 1. The fourth-order valence-corrected chi connectivity index (χ4v) is 3.98. The number of carbonyl (C=O) groups excluding carboxylic acids is 1. The van der Waals surface area contributed by atoms with Crippen molar-refractivity contribution in [1.82, 2.24) is 4.98 Å². The number of pyridine rings is 1. The van der Waals surface area contributed by atoms with E-state index in [0.29, 0.717) is 27.6 Å². The molecule has 1 heterocycles. The second kappa shape index (κ2) is 7.90. The number of hydrogen-bond acceptors (Lipinski definition) is 6. The monoisotopic (exact) mass is 451 g/mol. The van der Waals surface area contributed by atoms with E-state index < -0.39 is 11.8 Å². The number of hydrogen-bond donors (Lipinski definition) is 4. The zero-order valence-corrected chi connectivity index (χ0v) is 17.6. The summed E-state index contributed by atoms with van der Waals surface area (Å²) in [6.45, 7) is 0. The van der Waals surface area contributed by atoms with Crippen molar-refractivity contribution in [2.45, 2.75) is 0 Å². The molecule has 1 aliphatic carbocycles. The molecule has 166 valence electrons. The highest BCUT2D eigenvalue weighted by Gasteiger charge is 2.32. The number of ketones is 1. The molecule has 1 aliphatic rings. The van der Waals surface area contributed by atoms with Crippen molar-refractivity contribution < 1.29 is 30.0 Å². The second-order valence-corrected chi connectivity index (χ2v) is 7.82. The summed E-state index contributed by atoms with van der Waals surface area (Å²) >= 11 is 0. The minimum atomic E-state index is -1.22. The van der Waals surface area contributed by atoms with Crippen LogP contribution in [0.4, 0.5) is 0 Å². The molecule has 0 spiro atoms. The Morgan fingerprint density at radius 1 is 0.794 bits per heavy atom. The molecule has 0 saturated heterocycles. The van der Waals surface area contributed by atoms with Crippen LogP contribution in [0.25, 0.3) is 34.4 Å². The molecule has 0 unspecified atom stereocenters. The number of carboxylic acids is 1. The van der Waals surface area contributed by atoms with Gasteiger partial charge >= 0.3 is 5.97 Å². The van der Waals surface area contributed by atoms with Crippen molar-refractivity contribution >= 4 is 46.1 Å². The van der Waals surface area contributed by atoms with E-state index in [1.165, 1.54) is 18.2 Å². The normalized spacial score (nSPS) is 13.1. The zero-order valence-electron chi connectivity index (χ0n) is 17.6. The third-order valence-electron chi connectivity index (χ3n) is 5.67. The molecule has 1 aromatic heterocycles. The maximum Gasteiger partial charge on any atom is 0.339 e. The predicted octanol–water partition coefficient (Wildman–Crippen LogP) is 5.14. The van der Waals surface area contributed by atoms with Crippen LogP contribution in [0, 0.1) is 0 Å². The third-order valence-corrected chi connectivity index (χ3v) is 5.67. The third kappa shape index (κ3) is 3.45. The van der Waals surface area contributed by atoms with Gasteiger partial charge in [0, 0.05) is 16.5 Å². The Morgan fingerprint density at radius 3 is 2.18 bits per heavy atom. The maximum atomic E-state index is 12.8. The molecule has 0 saturated carbocycles. The van der Waals surface area contributed by atoms with E-state index in [1.54, 1.807) is 60.7 Å². The summed E-state index contributed by atoms with van der Waals surface area (Å²) in [5.74, 6) is -2.37. The van der Waals surface area contributed by atoms with E-state index in [-0.39, 0.29) is 34.1 Å². The van der Waals surface area contributed by atoms with Gasteiger partial charge in [0.1, 0.15) is 28.5 Å². The number of aliphatic hydroxyl groups excluding tert-OH is 1. The SMILES string of the molecule is O=C(O)c1cc(/C=C/c2ccc3nc(C4=C(O)c5ccccc5C4=O)c(O)cc3c2)ccc1O. The molecule has 0 atom stereocenters. The van der Waals surface area contributed by atoms with Gasteiger partial charge in [-0.2, -0.15) is 0 Å². The Labute approximate surface area is 193 Å². The van der Waals surface area contributed by atoms with E-state index >= 15 is 0 Å². The molecule has 0 radical (unpaired) electrons. The topological polar surface area (TPSA) is 128 Å². The summed E-state index contributed by atoms with van der Waals surface area (Å²) in [5, 5.41) is 40.6. The van der Waals surface area contributed by atoms with Crippen LogP contribution in [0.3, 0.4) is 0 Å². The molecule has 5 rings (SSSR count). The number of Topliss-reactive ketones (excluding diaryl/α,β-unsaturated/α-hetero) is 1. The number of carbonyl (C=O) groups is 2. The number of allylic oxidation sites excluding steroid dienone is 1. The van der Waals surface area contributed by atoms with Gasteiger partial charge in [-0.25, -0.2) is 9.78 Å². The molecular formula is C27H17NO6. The minimum absolute atomic E-state index is 0.0137. The number of aromatic hydroxyl groups is 2. The maximum absolute atomic E-state index is 12.8. The van der Waals surface area contributed by atoms with Crippen LogP contribution in [0.1, 0.15) is 43.1 Å². The first-order valence-corrected chi connectivity index (χ1v) is 10.3. The summed E-state index contributed by atoms with van der Waals surface area (Å²) in [7, 11) is 0. The lowest BCUT2D eigenvalue weighted by Gasteiger charge is -2.08. The highest BCUT2D eigenvalue weighted by molar-refractivity contribution is 6.39. The fourth-order valence-electron chi connectivity index (χ4n) is 3.98. The molecule has 0 fully saturated rings. The van der Waals surface area contributed by atoms with E-state index in [1.807, 2.05) is 0 Å². The molecule has 3 aromatic carbocycles. The lowest BCUT2D eigenvalue weighted by atomic mass is 10.0. The number of benzene rings is 3. The second-order valence-electron chi connectivity index (χ2n) is 7.82. The average Bonchev–Trinajstić information content (AvgIpc) is 3.08. The van der Waals surface area contributed by atoms with Gasteiger partial charge in [0.05, 0.1) is 11.1 Å². The van der Waals surface area contributed by atoms with Gasteiger partial charge < -0.3 is 20.4 Å². The van der Waals surface area contributed by atoms with Crippen LogP contribution in [-0.4, -0.2) is 37.2 Å². The number of rotatable bonds is 4. The first-order chi connectivity index (χ1) is 16.3. The highest BCUT2D eigenvalue weighted by Crippen LogP contribution is 2.39. The average molecular weight is 451 g/mol. The molecule has 34 heavy (non-hydrogen) atoms. The molecular weight excluding hydrogens is 434 g/mol. The lowest BCUT2D eigenvalue weighted by molar-refractivity contribution is 0.0693. The van der Waals surface area contributed by atoms with Crippen LogP contribution in [0.2, 0.25) is 0 Å². The van der Waals surface area contributed by atoms with Crippen LogP contribution in [0.15, 0.2) is 66.7 Å². The Morgan fingerprint density at radius 2 is 1.47 bits per heavy atom. The van der Waals surface area contributed by atoms with Crippen LogP contribution < -0.4 is 0 Å². The molecule has 7 heteroatoms. The smallest absolute Gasteiger partial charge is 0.339 e. The molecule has 0 aliphatic heterocycles. The van der Waals surface area contributed by atoms with Gasteiger partial charge in [0.25, 0.3) is 0 Å². The number of aromatic carboxylic acids is 1. The number of fused-ring (bicyclic) bond motifs is 2. The minimum Gasteiger partial charge on any atom is -0.507 e. The summed E-state index contributed by atoms with van der Waals surface area (Å²) in [5.41, 5.74) is 2.42. The Bertz CT molecular complexity index is 1580. The first kappa shape index (κ1) is 21.0. The molecule has 0 bridgehead atoms. The predicted molar refractivity (Wildman–Crippen MR) is 128 cm³/mol. The van der Waals surface area contributed by atoms with Crippen LogP contribution in [0.5, 0.6) is 11.5 Å². The van der Waals surface area contributed by atoms with Gasteiger partial charge in [0.2, 0.25) is 0 Å². The fraction of sp³-hybridized carbons (Fsp3) is 0. The van der Waals surface area contributed by atoms with Gasteiger partial charge in [-0.1, -0.05) is 48.6 Å². The van der Waals surface area contributed by atoms with Crippen molar-refractivity contribution in [2.24, 2.45) is 0 Å². The zero-order chi connectivity index (χ0) is 24.0. The highest BCUT2D eigenvalue weighted by atomic mass is 16.4. The van der Waals surface area contributed by atoms with Crippen molar-refractivity contribution in [2.75, 3.05) is 0 Å². The number of aliphatic hydroxyl groups is 1. The van der Waals surface area contributed by atoms with Crippen molar-refractivity contribution in [1.29, 1.82) is 0 Å². The standard InChI is InChI=1S/C27H17NO6/c29-21-10-8-15(12-19(21)27(33)34)6-5-14-7-9-20-16(11-14)13-22(30)24(28-20)23-25(31)17-3-1-2-4-18(17)26(23)32/h1-13,29-31H,(H,33,34)/b6-5+. The van der Waals surface area contributed by atoms with Crippen molar-refractivity contribution in [3.63, 3.8) is 0 Å². The van der Waals surface area contributed by atoms with Gasteiger partial charge in [-0.3, -0.25) is 4.79 Å². The molecule has 7 nitrogen and oxygen atoms in total.